The molecule has 0 N–H and O–H groups in total. The van der Waals surface area contributed by atoms with E-state index >= 15 is 0 Å². The van der Waals surface area contributed by atoms with Crippen LogP contribution >= 0.6 is 0 Å². The first-order valence-corrected chi connectivity index (χ1v) is 8.65. The maximum atomic E-state index is 4.81. The Morgan fingerprint density at radius 2 is 2.17 bits per heavy atom. The van der Waals surface area contributed by atoms with Crippen LogP contribution in [0.5, 0.6) is 0 Å². The molecule has 5 heteroatoms. The van der Waals surface area contributed by atoms with Crippen LogP contribution in [-0.2, 0) is 12.8 Å². The van der Waals surface area contributed by atoms with E-state index in [2.05, 4.69) is 16.0 Å². The van der Waals surface area contributed by atoms with Gasteiger partial charge in [0.25, 0.3) is 0 Å². The quantitative estimate of drug-likeness (QED) is 0.742. The number of allylic oxidation sites excluding steroid dienone is 1. The van der Waals surface area contributed by atoms with Gasteiger partial charge in [-0.3, -0.25) is 0 Å². The zero-order chi connectivity index (χ0) is 16.1. The van der Waals surface area contributed by atoms with E-state index in [1.54, 1.807) is 0 Å². The lowest BCUT2D eigenvalue weighted by Crippen LogP contribution is -2.16. The van der Waals surface area contributed by atoms with Crippen LogP contribution in [-0.4, -0.2) is 24.6 Å². The molecule has 2 aliphatic carbocycles. The third-order valence-corrected chi connectivity index (χ3v) is 5.12. The fraction of sp³-hybridized carbons (Fsp3) is 0.368. The normalized spacial score (nSPS) is 17.0. The number of hydrogen-bond donors (Lipinski definition) is 0. The molecule has 0 bridgehead atoms. The number of imidazole rings is 1. The Balaban J connectivity index is 0.00000157. The van der Waals surface area contributed by atoms with Crippen LogP contribution in [0.4, 0.5) is 0 Å². The predicted molar refractivity (Wildman–Crippen MR) is 93.7 cm³/mol. The summed E-state index contributed by atoms with van der Waals surface area (Å²) in [6.45, 7) is 1.98. The van der Waals surface area contributed by atoms with Gasteiger partial charge in [0, 0.05) is 31.6 Å². The topological polar surface area (TPSA) is 56.0 Å². The molecule has 0 aliphatic heterocycles. The molecule has 0 spiro atoms. The molecule has 3 heterocycles. The van der Waals surface area contributed by atoms with Gasteiger partial charge in [0.05, 0.1) is 23.3 Å². The second kappa shape index (κ2) is 5.23. The van der Waals surface area contributed by atoms with Gasteiger partial charge in [-0.15, -0.1) is 0 Å². The van der Waals surface area contributed by atoms with Gasteiger partial charge in [-0.1, -0.05) is 25.3 Å². The van der Waals surface area contributed by atoms with E-state index in [4.69, 9.17) is 10.1 Å². The molecule has 0 amide bonds. The monoisotopic (exact) mass is 319 g/mol. The van der Waals surface area contributed by atoms with Crippen LogP contribution in [0.15, 0.2) is 30.6 Å². The van der Waals surface area contributed by atoms with Gasteiger partial charge >= 0.3 is 0 Å². The molecule has 0 unspecified atom stereocenters. The molecule has 1 fully saturated rings. The summed E-state index contributed by atoms with van der Waals surface area (Å²) < 4.78 is 1.84. The number of nitrogens with zero attached hydrogens (tertiary/aromatic N) is 5. The van der Waals surface area contributed by atoms with Gasteiger partial charge in [-0.05, 0) is 25.0 Å². The molecule has 5 rings (SSSR count). The number of aromatic nitrogens is 5. The van der Waals surface area contributed by atoms with Crippen molar-refractivity contribution in [2.24, 2.45) is 5.92 Å². The van der Waals surface area contributed by atoms with E-state index in [0.717, 1.165) is 58.4 Å². The van der Waals surface area contributed by atoms with Crippen molar-refractivity contribution >= 4 is 11.2 Å². The average Bonchev–Trinajstić information content (AvgIpc) is 3.11. The highest BCUT2D eigenvalue weighted by atomic mass is 15.2. The van der Waals surface area contributed by atoms with Gasteiger partial charge in [0.15, 0.2) is 5.65 Å². The van der Waals surface area contributed by atoms with Crippen molar-refractivity contribution in [2.45, 2.75) is 39.0 Å². The third-order valence-electron chi connectivity index (χ3n) is 5.12. The summed E-state index contributed by atoms with van der Waals surface area (Å²) in [6, 6.07) is 4.05. The highest BCUT2D eigenvalue weighted by Gasteiger charge is 2.22. The molecular weight excluding hydrogens is 298 g/mol. The summed E-state index contributed by atoms with van der Waals surface area (Å²) in [5, 5.41) is 4.70. The number of fused-ring (bicyclic) bond motifs is 2. The van der Waals surface area contributed by atoms with Crippen LogP contribution < -0.4 is 0 Å². The van der Waals surface area contributed by atoms with Crippen LogP contribution in [0, 0.1) is 12.8 Å². The number of aryl methyl sites for hydroxylation is 1. The van der Waals surface area contributed by atoms with Crippen molar-refractivity contribution in [3.63, 3.8) is 0 Å². The lowest BCUT2D eigenvalue weighted by atomic mass is 9.83. The first-order chi connectivity index (χ1) is 11.8. The molecule has 3 aromatic heterocycles. The second-order valence-electron chi connectivity index (χ2n) is 6.87. The highest BCUT2D eigenvalue weighted by Crippen LogP contribution is 2.32. The standard InChI is InChI=1S/C19H19N5.H2/c1-12-11-24-19(21-12)8-7-17(23-24)14-5-6-16-15(14)10-20-18(22-16)9-13-3-2-4-13;/h5,7-8,10-11,13H,2-4,6,9H2,1H3;1H. The lowest BCUT2D eigenvalue weighted by molar-refractivity contribution is 0.309. The first-order valence-electron chi connectivity index (χ1n) is 8.65. The van der Waals surface area contributed by atoms with Crippen molar-refractivity contribution in [2.75, 3.05) is 0 Å². The van der Waals surface area contributed by atoms with E-state index in [1.165, 1.54) is 19.3 Å². The van der Waals surface area contributed by atoms with Crippen LogP contribution in [0.25, 0.3) is 11.2 Å². The molecule has 24 heavy (non-hydrogen) atoms. The maximum absolute atomic E-state index is 4.81. The number of rotatable bonds is 3. The summed E-state index contributed by atoms with van der Waals surface area (Å²) >= 11 is 0. The molecule has 3 aromatic rings. The molecule has 0 radical (unpaired) electrons. The van der Waals surface area contributed by atoms with Gasteiger partial charge in [-0.2, -0.15) is 5.10 Å². The molecule has 5 nitrogen and oxygen atoms in total. The van der Waals surface area contributed by atoms with Crippen LogP contribution in [0.1, 0.15) is 49.2 Å². The van der Waals surface area contributed by atoms with Gasteiger partial charge in [0.2, 0.25) is 0 Å². The van der Waals surface area contributed by atoms with Gasteiger partial charge < -0.3 is 0 Å². The zero-order valence-corrected chi connectivity index (χ0v) is 13.7. The molecule has 0 aromatic carbocycles. The molecule has 1 saturated carbocycles. The van der Waals surface area contributed by atoms with Crippen LogP contribution in [0.2, 0.25) is 0 Å². The molecule has 2 aliphatic rings. The second-order valence-corrected chi connectivity index (χ2v) is 6.87. The molecule has 0 saturated heterocycles. The predicted octanol–water partition coefficient (Wildman–Crippen LogP) is 3.40. The Kier molecular flexibility index (Phi) is 3.01. The van der Waals surface area contributed by atoms with Crippen molar-refractivity contribution in [3.05, 3.63) is 59.1 Å². The smallest absolute Gasteiger partial charge is 0.153 e. The Hall–Kier alpha value is -2.56. The van der Waals surface area contributed by atoms with E-state index in [9.17, 15) is 0 Å². The van der Waals surface area contributed by atoms with E-state index in [1.807, 2.05) is 36.0 Å². The van der Waals surface area contributed by atoms with Crippen molar-refractivity contribution in [3.8, 4) is 0 Å². The summed E-state index contributed by atoms with van der Waals surface area (Å²) in [4.78, 5) is 13.9. The molecular formula is C19H21N5. The van der Waals surface area contributed by atoms with Crippen molar-refractivity contribution in [1.82, 2.24) is 24.6 Å². The Bertz CT molecular complexity index is 971. The number of hydrogen-bond acceptors (Lipinski definition) is 4. The van der Waals surface area contributed by atoms with Gasteiger partial charge in [0.1, 0.15) is 5.82 Å². The summed E-state index contributed by atoms with van der Waals surface area (Å²) in [5.74, 6) is 1.80. The fourth-order valence-corrected chi connectivity index (χ4v) is 3.59. The van der Waals surface area contributed by atoms with Crippen LogP contribution in [0.3, 0.4) is 0 Å². The summed E-state index contributed by atoms with van der Waals surface area (Å²) in [6.07, 6.45) is 12.1. The Morgan fingerprint density at radius 3 is 3.00 bits per heavy atom. The minimum atomic E-state index is 0. The third kappa shape index (κ3) is 2.23. The molecule has 0 atom stereocenters. The first kappa shape index (κ1) is 13.8. The average molecular weight is 319 g/mol. The van der Waals surface area contributed by atoms with Gasteiger partial charge in [-0.25, -0.2) is 19.5 Å². The van der Waals surface area contributed by atoms with Crippen molar-refractivity contribution < 1.29 is 1.43 Å². The van der Waals surface area contributed by atoms with E-state index in [-0.39, 0.29) is 1.43 Å². The maximum Gasteiger partial charge on any atom is 0.153 e. The minimum Gasteiger partial charge on any atom is -0.241 e. The minimum absolute atomic E-state index is 0. The summed E-state index contributed by atoms with van der Waals surface area (Å²) in [5.41, 5.74) is 6.20. The highest BCUT2D eigenvalue weighted by molar-refractivity contribution is 5.82. The largest absolute Gasteiger partial charge is 0.241 e. The Morgan fingerprint density at radius 1 is 1.25 bits per heavy atom. The lowest BCUT2D eigenvalue weighted by Gasteiger charge is -2.24. The van der Waals surface area contributed by atoms with Crippen molar-refractivity contribution in [1.29, 1.82) is 0 Å². The summed E-state index contributed by atoms with van der Waals surface area (Å²) in [7, 11) is 0. The van der Waals surface area contributed by atoms with E-state index < -0.39 is 0 Å². The van der Waals surface area contributed by atoms with E-state index in [0.29, 0.717) is 0 Å². The SMILES string of the molecule is Cc1cn2nc(C3=CCc4nc(CC5CCC5)ncc43)ccc2n1.[HH]. The molecule has 122 valence electrons. The fourth-order valence-electron chi connectivity index (χ4n) is 3.59. The Labute approximate surface area is 142 Å². The zero-order valence-electron chi connectivity index (χ0n) is 13.7.